The van der Waals surface area contributed by atoms with Gasteiger partial charge < -0.3 is 10.6 Å². The van der Waals surface area contributed by atoms with Gasteiger partial charge in [-0.25, -0.2) is 4.99 Å². The molecule has 0 heterocycles. The maximum absolute atomic E-state index is 5.89. The summed E-state index contributed by atoms with van der Waals surface area (Å²) in [7, 11) is 0. The van der Waals surface area contributed by atoms with Crippen molar-refractivity contribution in [1.82, 2.24) is 4.90 Å². The second kappa shape index (κ2) is 5.97. The van der Waals surface area contributed by atoms with Crippen molar-refractivity contribution >= 4 is 34.8 Å². The zero-order valence-electron chi connectivity index (χ0n) is 9.37. The highest BCUT2D eigenvalue weighted by Gasteiger charge is 2.03. The number of hydrogen-bond acceptors (Lipinski definition) is 1. The van der Waals surface area contributed by atoms with E-state index in [9.17, 15) is 0 Å². The lowest BCUT2D eigenvalue weighted by Gasteiger charge is -2.19. The van der Waals surface area contributed by atoms with Crippen molar-refractivity contribution in [3.05, 3.63) is 28.2 Å². The molecule has 0 saturated heterocycles. The van der Waals surface area contributed by atoms with E-state index in [1.807, 2.05) is 18.7 Å². The largest absolute Gasteiger partial charge is 0.369 e. The quantitative estimate of drug-likeness (QED) is 0.669. The molecule has 2 N–H and O–H groups in total. The molecule has 88 valence electrons. The average Bonchev–Trinajstić information content (AvgIpc) is 2.25. The van der Waals surface area contributed by atoms with Gasteiger partial charge in [0.25, 0.3) is 0 Å². The van der Waals surface area contributed by atoms with Crippen LogP contribution in [-0.4, -0.2) is 23.9 Å². The summed E-state index contributed by atoms with van der Waals surface area (Å²) in [5.74, 6) is 0.489. The van der Waals surface area contributed by atoms with Crippen LogP contribution in [0.25, 0.3) is 0 Å². The van der Waals surface area contributed by atoms with Crippen molar-refractivity contribution < 1.29 is 0 Å². The molecule has 0 unspecified atom stereocenters. The molecule has 0 aromatic heterocycles. The number of benzene rings is 1. The highest BCUT2D eigenvalue weighted by molar-refractivity contribution is 6.42. The molecule has 1 rings (SSSR count). The Hall–Kier alpha value is -0.930. The first-order valence-electron chi connectivity index (χ1n) is 5.12. The van der Waals surface area contributed by atoms with Crippen LogP contribution in [0.3, 0.4) is 0 Å². The number of hydrogen-bond donors (Lipinski definition) is 1. The third-order valence-corrected chi connectivity index (χ3v) is 2.97. The van der Waals surface area contributed by atoms with Gasteiger partial charge in [0.15, 0.2) is 5.96 Å². The van der Waals surface area contributed by atoms with E-state index >= 15 is 0 Å². The van der Waals surface area contributed by atoms with Crippen LogP contribution < -0.4 is 5.73 Å². The zero-order chi connectivity index (χ0) is 12.1. The van der Waals surface area contributed by atoms with Crippen molar-refractivity contribution in [1.29, 1.82) is 0 Å². The third-order valence-electron chi connectivity index (χ3n) is 2.23. The van der Waals surface area contributed by atoms with Gasteiger partial charge in [0.05, 0.1) is 15.7 Å². The smallest absolute Gasteiger partial charge is 0.196 e. The Morgan fingerprint density at radius 1 is 1.25 bits per heavy atom. The predicted molar refractivity (Wildman–Crippen MR) is 70.7 cm³/mol. The zero-order valence-corrected chi connectivity index (χ0v) is 10.9. The van der Waals surface area contributed by atoms with E-state index < -0.39 is 0 Å². The molecule has 3 nitrogen and oxygen atoms in total. The summed E-state index contributed by atoms with van der Waals surface area (Å²) >= 11 is 11.7. The number of guanidine groups is 1. The molecule has 1 aromatic rings. The number of nitrogens with zero attached hydrogens (tertiary/aromatic N) is 2. The van der Waals surface area contributed by atoms with Crippen molar-refractivity contribution in [3.63, 3.8) is 0 Å². The van der Waals surface area contributed by atoms with Gasteiger partial charge in [-0.1, -0.05) is 23.2 Å². The van der Waals surface area contributed by atoms with Crippen molar-refractivity contribution in [2.24, 2.45) is 10.7 Å². The number of aliphatic imine (C=N–C) groups is 1. The lowest BCUT2D eigenvalue weighted by molar-refractivity contribution is 0.460. The lowest BCUT2D eigenvalue weighted by atomic mass is 10.3. The maximum Gasteiger partial charge on any atom is 0.196 e. The average molecular weight is 260 g/mol. The minimum Gasteiger partial charge on any atom is -0.369 e. The summed E-state index contributed by atoms with van der Waals surface area (Å²) in [6, 6.07) is 5.18. The Labute approximate surface area is 106 Å². The Kier molecular flexibility index (Phi) is 4.90. The molecule has 5 heteroatoms. The van der Waals surface area contributed by atoms with E-state index in [0.29, 0.717) is 21.7 Å². The molecular formula is C11H15Cl2N3. The molecule has 1 aromatic carbocycles. The molecule has 16 heavy (non-hydrogen) atoms. The Balaban J connectivity index is 2.93. The fourth-order valence-electron chi connectivity index (χ4n) is 1.31. The molecule has 0 aliphatic rings. The van der Waals surface area contributed by atoms with Gasteiger partial charge in [-0.15, -0.1) is 0 Å². The Bertz CT molecular complexity index is 387. The summed E-state index contributed by atoms with van der Waals surface area (Å²) < 4.78 is 0. The number of halogens is 2. The maximum atomic E-state index is 5.89. The van der Waals surface area contributed by atoms with E-state index in [4.69, 9.17) is 28.9 Å². The van der Waals surface area contributed by atoms with Crippen LogP contribution in [0.1, 0.15) is 13.8 Å². The van der Waals surface area contributed by atoms with Crippen LogP contribution in [0, 0.1) is 0 Å². The molecule has 0 saturated carbocycles. The van der Waals surface area contributed by atoms with Gasteiger partial charge >= 0.3 is 0 Å². The monoisotopic (exact) mass is 259 g/mol. The third kappa shape index (κ3) is 3.29. The van der Waals surface area contributed by atoms with E-state index in [-0.39, 0.29) is 0 Å². The van der Waals surface area contributed by atoms with Gasteiger partial charge in [0, 0.05) is 13.1 Å². The minimum atomic E-state index is 0.482. The fourth-order valence-corrected chi connectivity index (χ4v) is 1.60. The molecule has 0 radical (unpaired) electrons. The first kappa shape index (κ1) is 13.1. The van der Waals surface area contributed by atoms with E-state index in [1.54, 1.807) is 18.2 Å². The fraction of sp³-hybridized carbons (Fsp3) is 0.364. The van der Waals surface area contributed by atoms with Gasteiger partial charge in [-0.3, -0.25) is 0 Å². The topological polar surface area (TPSA) is 41.6 Å². The molecule has 0 atom stereocenters. The molecule has 0 fully saturated rings. The second-order valence-corrected chi connectivity index (χ2v) is 4.06. The van der Waals surface area contributed by atoms with Crippen LogP contribution >= 0.6 is 23.2 Å². The second-order valence-electron chi connectivity index (χ2n) is 3.24. The Morgan fingerprint density at radius 2 is 1.88 bits per heavy atom. The summed E-state index contributed by atoms with van der Waals surface area (Å²) in [6.45, 7) is 5.71. The SMILES string of the molecule is CCN(CC)C(N)=Nc1ccc(Cl)c(Cl)c1. The van der Waals surface area contributed by atoms with Gasteiger partial charge in [0.2, 0.25) is 0 Å². The van der Waals surface area contributed by atoms with Crippen LogP contribution in [0.15, 0.2) is 23.2 Å². The van der Waals surface area contributed by atoms with Crippen LogP contribution in [0.2, 0.25) is 10.0 Å². The van der Waals surface area contributed by atoms with Crippen molar-refractivity contribution in [2.75, 3.05) is 13.1 Å². The van der Waals surface area contributed by atoms with E-state index in [1.165, 1.54) is 0 Å². The first-order chi connectivity index (χ1) is 7.58. The summed E-state index contributed by atoms with van der Waals surface area (Å²) in [6.07, 6.45) is 0. The standard InChI is InChI=1S/C11H15Cl2N3/c1-3-16(4-2)11(14)15-8-5-6-9(12)10(13)7-8/h5-7H,3-4H2,1-2H3,(H2,14,15). The molecule has 0 aliphatic heterocycles. The van der Waals surface area contributed by atoms with Crippen molar-refractivity contribution in [3.8, 4) is 0 Å². The molecular weight excluding hydrogens is 245 g/mol. The van der Waals surface area contributed by atoms with Gasteiger partial charge in [-0.2, -0.15) is 0 Å². The summed E-state index contributed by atoms with van der Waals surface area (Å²) in [5, 5.41) is 0.997. The van der Waals surface area contributed by atoms with E-state index in [2.05, 4.69) is 4.99 Å². The molecule has 0 spiro atoms. The summed E-state index contributed by atoms with van der Waals surface area (Å²) in [5.41, 5.74) is 6.57. The Morgan fingerprint density at radius 3 is 2.38 bits per heavy atom. The molecule has 0 amide bonds. The highest BCUT2D eigenvalue weighted by atomic mass is 35.5. The van der Waals surface area contributed by atoms with Crippen LogP contribution in [0.5, 0.6) is 0 Å². The number of nitrogens with two attached hydrogens (primary N) is 1. The molecule has 0 aliphatic carbocycles. The molecule has 0 bridgehead atoms. The normalized spacial score (nSPS) is 11.6. The van der Waals surface area contributed by atoms with Gasteiger partial charge in [-0.05, 0) is 32.0 Å². The van der Waals surface area contributed by atoms with E-state index in [0.717, 1.165) is 13.1 Å². The lowest BCUT2D eigenvalue weighted by Crippen LogP contribution is -2.36. The van der Waals surface area contributed by atoms with Crippen LogP contribution in [0.4, 0.5) is 5.69 Å². The highest BCUT2D eigenvalue weighted by Crippen LogP contribution is 2.26. The summed E-state index contributed by atoms with van der Waals surface area (Å²) in [4.78, 5) is 6.24. The minimum absolute atomic E-state index is 0.482. The predicted octanol–water partition coefficient (Wildman–Crippen LogP) is 3.28. The first-order valence-corrected chi connectivity index (χ1v) is 5.88. The van der Waals surface area contributed by atoms with Crippen LogP contribution in [-0.2, 0) is 0 Å². The van der Waals surface area contributed by atoms with Gasteiger partial charge in [0.1, 0.15) is 0 Å². The number of rotatable bonds is 3. The van der Waals surface area contributed by atoms with Crippen molar-refractivity contribution in [2.45, 2.75) is 13.8 Å².